The third kappa shape index (κ3) is 2.61. The van der Waals surface area contributed by atoms with Crippen LogP contribution >= 0.6 is 0 Å². The Bertz CT molecular complexity index is 436. The number of carbonyl (C=O) groups is 1. The molecule has 0 radical (unpaired) electrons. The molecule has 0 saturated carbocycles. The fraction of sp³-hybridized carbons (Fsp3) is 0.538. The first-order valence-electron chi connectivity index (χ1n) is 6.26. The van der Waals surface area contributed by atoms with Crippen molar-refractivity contribution in [3.63, 3.8) is 0 Å². The number of rotatable bonds is 2. The highest BCUT2D eigenvalue weighted by molar-refractivity contribution is 5.93. The molecule has 2 N–H and O–H groups in total. The highest BCUT2D eigenvalue weighted by Gasteiger charge is 2.30. The lowest BCUT2D eigenvalue weighted by Crippen LogP contribution is -2.51. The maximum Gasteiger partial charge on any atom is 0.272 e. The molecule has 0 aliphatic carbocycles. The van der Waals surface area contributed by atoms with Gasteiger partial charge < -0.3 is 15.4 Å². The number of aromatic nitrogens is 1. The fourth-order valence-corrected chi connectivity index (χ4v) is 2.14. The van der Waals surface area contributed by atoms with Crippen LogP contribution in [0.1, 0.15) is 30.8 Å². The van der Waals surface area contributed by atoms with Crippen LogP contribution in [0.3, 0.4) is 0 Å². The highest BCUT2D eigenvalue weighted by atomic mass is 16.5. The topological polar surface area (TPSA) is 68.5 Å². The zero-order valence-corrected chi connectivity index (χ0v) is 10.8. The van der Waals surface area contributed by atoms with E-state index in [0.29, 0.717) is 24.5 Å². The number of pyridine rings is 1. The molecule has 5 heteroatoms. The van der Waals surface area contributed by atoms with Crippen molar-refractivity contribution in [2.75, 3.05) is 18.9 Å². The van der Waals surface area contributed by atoms with Gasteiger partial charge in [-0.15, -0.1) is 0 Å². The van der Waals surface area contributed by atoms with Crippen molar-refractivity contribution >= 4 is 11.6 Å². The molecule has 1 aromatic rings. The molecule has 0 aromatic carbocycles. The van der Waals surface area contributed by atoms with Gasteiger partial charge in [-0.1, -0.05) is 6.92 Å². The Balaban J connectivity index is 2.20. The summed E-state index contributed by atoms with van der Waals surface area (Å²) in [5.41, 5.74) is 6.65. The summed E-state index contributed by atoms with van der Waals surface area (Å²) in [6, 6.07) is 3.42. The number of morpholine rings is 1. The Kier molecular flexibility index (Phi) is 3.81. The molecule has 1 aliphatic heterocycles. The zero-order chi connectivity index (χ0) is 13.1. The van der Waals surface area contributed by atoms with Crippen LogP contribution in [-0.2, 0) is 4.74 Å². The van der Waals surface area contributed by atoms with Crippen LogP contribution in [-0.4, -0.2) is 41.1 Å². The van der Waals surface area contributed by atoms with E-state index in [2.05, 4.69) is 11.9 Å². The van der Waals surface area contributed by atoms with Gasteiger partial charge in [0, 0.05) is 18.4 Å². The van der Waals surface area contributed by atoms with Gasteiger partial charge in [0.05, 0.1) is 18.8 Å². The largest absolute Gasteiger partial charge is 0.399 e. The first kappa shape index (κ1) is 12.8. The monoisotopic (exact) mass is 249 g/mol. The Hall–Kier alpha value is -1.62. The SMILES string of the molecule is CCC1COC(C)CN1C(=O)c1cc(N)ccn1. The van der Waals surface area contributed by atoms with Crippen molar-refractivity contribution in [1.29, 1.82) is 0 Å². The molecule has 2 atom stereocenters. The summed E-state index contributed by atoms with van der Waals surface area (Å²) in [6.45, 7) is 5.22. The number of hydrogen-bond donors (Lipinski definition) is 1. The van der Waals surface area contributed by atoms with E-state index in [9.17, 15) is 4.79 Å². The molecular weight excluding hydrogens is 230 g/mol. The minimum Gasteiger partial charge on any atom is -0.399 e. The third-order valence-corrected chi connectivity index (χ3v) is 3.20. The second kappa shape index (κ2) is 5.35. The van der Waals surface area contributed by atoms with Gasteiger partial charge in [-0.05, 0) is 25.5 Å². The molecule has 1 fully saturated rings. The quantitative estimate of drug-likeness (QED) is 0.858. The minimum atomic E-state index is -0.0655. The first-order chi connectivity index (χ1) is 8.61. The van der Waals surface area contributed by atoms with Gasteiger partial charge >= 0.3 is 0 Å². The second-order valence-corrected chi connectivity index (χ2v) is 4.64. The number of anilines is 1. The highest BCUT2D eigenvalue weighted by Crippen LogP contribution is 2.17. The molecule has 1 aromatic heterocycles. The summed E-state index contributed by atoms with van der Waals surface area (Å²) in [5.74, 6) is -0.0655. The van der Waals surface area contributed by atoms with Crippen molar-refractivity contribution in [1.82, 2.24) is 9.88 Å². The molecule has 1 aliphatic rings. The van der Waals surface area contributed by atoms with Gasteiger partial charge in [0.25, 0.3) is 5.91 Å². The lowest BCUT2D eigenvalue weighted by atomic mass is 10.1. The van der Waals surface area contributed by atoms with Crippen molar-refractivity contribution < 1.29 is 9.53 Å². The first-order valence-corrected chi connectivity index (χ1v) is 6.26. The number of ether oxygens (including phenoxy) is 1. The molecule has 0 bridgehead atoms. The molecule has 2 heterocycles. The molecule has 1 saturated heterocycles. The van der Waals surface area contributed by atoms with Crippen LogP contribution in [0.15, 0.2) is 18.3 Å². The lowest BCUT2D eigenvalue weighted by Gasteiger charge is -2.38. The number of nitrogens with two attached hydrogens (primary N) is 1. The van der Waals surface area contributed by atoms with Crippen LogP contribution in [0, 0.1) is 0 Å². The molecule has 98 valence electrons. The number of carbonyl (C=O) groups excluding carboxylic acids is 1. The van der Waals surface area contributed by atoms with Crippen LogP contribution in [0.25, 0.3) is 0 Å². The van der Waals surface area contributed by atoms with Crippen LogP contribution in [0.2, 0.25) is 0 Å². The predicted molar refractivity (Wildman–Crippen MR) is 69.2 cm³/mol. The van der Waals surface area contributed by atoms with Gasteiger partial charge in [0.2, 0.25) is 0 Å². The van der Waals surface area contributed by atoms with E-state index in [1.54, 1.807) is 18.3 Å². The Morgan fingerprint density at radius 2 is 2.44 bits per heavy atom. The van der Waals surface area contributed by atoms with E-state index in [-0.39, 0.29) is 18.1 Å². The second-order valence-electron chi connectivity index (χ2n) is 4.64. The third-order valence-electron chi connectivity index (χ3n) is 3.20. The van der Waals surface area contributed by atoms with E-state index in [1.165, 1.54) is 0 Å². The van der Waals surface area contributed by atoms with Crippen LogP contribution < -0.4 is 5.73 Å². The molecule has 2 unspecified atom stereocenters. The van der Waals surface area contributed by atoms with Crippen molar-refractivity contribution in [3.8, 4) is 0 Å². The molecule has 1 amide bonds. The van der Waals surface area contributed by atoms with Gasteiger partial charge in [-0.3, -0.25) is 9.78 Å². The average molecular weight is 249 g/mol. The maximum absolute atomic E-state index is 12.4. The van der Waals surface area contributed by atoms with Crippen LogP contribution in [0.5, 0.6) is 0 Å². The molecule has 18 heavy (non-hydrogen) atoms. The number of nitrogens with zero attached hydrogens (tertiary/aromatic N) is 2. The minimum absolute atomic E-state index is 0.0655. The van der Waals surface area contributed by atoms with E-state index in [0.717, 1.165) is 6.42 Å². The summed E-state index contributed by atoms with van der Waals surface area (Å²) in [6.07, 6.45) is 2.51. The van der Waals surface area contributed by atoms with E-state index >= 15 is 0 Å². The smallest absolute Gasteiger partial charge is 0.272 e. The molecule has 5 nitrogen and oxygen atoms in total. The summed E-state index contributed by atoms with van der Waals surface area (Å²) in [7, 11) is 0. The molecule has 0 spiro atoms. The number of nitrogen functional groups attached to an aromatic ring is 1. The van der Waals surface area contributed by atoms with Gasteiger partial charge in [-0.2, -0.15) is 0 Å². The summed E-state index contributed by atoms with van der Waals surface area (Å²) < 4.78 is 5.58. The normalized spacial score (nSPS) is 24.0. The van der Waals surface area contributed by atoms with Crippen molar-refractivity contribution in [2.24, 2.45) is 0 Å². The van der Waals surface area contributed by atoms with Crippen molar-refractivity contribution in [3.05, 3.63) is 24.0 Å². The number of amides is 1. The zero-order valence-electron chi connectivity index (χ0n) is 10.8. The van der Waals surface area contributed by atoms with Gasteiger partial charge in [0.15, 0.2) is 0 Å². The summed E-state index contributed by atoms with van der Waals surface area (Å²) in [5, 5.41) is 0. The fourth-order valence-electron chi connectivity index (χ4n) is 2.14. The summed E-state index contributed by atoms with van der Waals surface area (Å²) >= 11 is 0. The Morgan fingerprint density at radius 3 is 3.11 bits per heavy atom. The molecule has 2 rings (SSSR count). The average Bonchev–Trinajstić information content (AvgIpc) is 2.38. The van der Waals surface area contributed by atoms with Crippen molar-refractivity contribution in [2.45, 2.75) is 32.4 Å². The van der Waals surface area contributed by atoms with E-state index in [1.807, 2.05) is 11.8 Å². The summed E-state index contributed by atoms with van der Waals surface area (Å²) in [4.78, 5) is 18.4. The lowest BCUT2D eigenvalue weighted by molar-refractivity contribution is -0.0445. The number of hydrogen-bond acceptors (Lipinski definition) is 4. The standard InChI is InChI=1S/C13H19N3O2/c1-3-11-8-18-9(2)7-16(11)13(17)12-6-10(14)4-5-15-12/h4-6,9,11H,3,7-8H2,1-2H3,(H2,14,15). The molecular formula is C13H19N3O2. The van der Waals surface area contributed by atoms with Gasteiger partial charge in [0.1, 0.15) is 5.69 Å². The van der Waals surface area contributed by atoms with E-state index < -0.39 is 0 Å². The van der Waals surface area contributed by atoms with Gasteiger partial charge in [-0.25, -0.2) is 0 Å². The Morgan fingerprint density at radius 1 is 1.67 bits per heavy atom. The van der Waals surface area contributed by atoms with Crippen LogP contribution in [0.4, 0.5) is 5.69 Å². The maximum atomic E-state index is 12.4. The van der Waals surface area contributed by atoms with E-state index in [4.69, 9.17) is 10.5 Å². The Labute approximate surface area is 107 Å². The predicted octanol–water partition coefficient (Wildman–Crippen LogP) is 1.30.